The second kappa shape index (κ2) is 10.7. The van der Waals surface area contributed by atoms with Crippen LogP contribution in [0.1, 0.15) is 47.8 Å². The van der Waals surface area contributed by atoms with E-state index in [1.165, 1.54) is 29.8 Å². The quantitative estimate of drug-likeness (QED) is 0.464. The van der Waals surface area contributed by atoms with E-state index < -0.39 is 26.9 Å². The lowest BCUT2D eigenvalue weighted by Crippen LogP contribution is -2.42. The first-order valence-corrected chi connectivity index (χ1v) is 12.9. The van der Waals surface area contributed by atoms with Gasteiger partial charge in [-0.05, 0) is 62.6 Å². The highest BCUT2D eigenvalue weighted by atomic mass is 32.2. The number of aryl methyl sites for hydroxylation is 1. The van der Waals surface area contributed by atoms with Gasteiger partial charge in [0.1, 0.15) is 5.25 Å². The van der Waals surface area contributed by atoms with Crippen LogP contribution in [0.25, 0.3) is 0 Å². The van der Waals surface area contributed by atoms with E-state index in [0.717, 1.165) is 24.8 Å². The Bertz CT molecular complexity index is 1030. The van der Waals surface area contributed by atoms with Gasteiger partial charge in [-0.15, -0.1) is 11.3 Å². The highest BCUT2D eigenvalue weighted by Gasteiger charge is 2.31. The van der Waals surface area contributed by atoms with Gasteiger partial charge in [0.05, 0.1) is 4.90 Å². The van der Waals surface area contributed by atoms with Gasteiger partial charge in [0.25, 0.3) is 0 Å². The van der Waals surface area contributed by atoms with E-state index in [2.05, 4.69) is 16.7 Å². The lowest BCUT2D eigenvalue weighted by molar-refractivity contribution is -0.139. The first kappa shape index (κ1) is 23.2. The molecule has 0 bridgehead atoms. The minimum Gasteiger partial charge on any atom is -0.348 e. The Morgan fingerprint density at radius 3 is 2.45 bits per heavy atom. The number of carbonyl (C=O) groups is 2. The summed E-state index contributed by atoms with van der Waals surface area (Å²) in [6, 6.07) is 10.1. The summed E-state index contributed by atoms with van der Waals surface area (Å²) in [6.45, 7) is 2.11. The largest absolute Gasteiger partial charge is 0.348 e. The van der Waals surface area contributed by atoms with E-state index >= 15 is 0 Å². The smallest absolute Gasteiger partial charge is 0.309 e. The Balaban J connectivity index is 1.61. The highest BCUT2D eigenvalue weighted by Crippen LogP contribution is 2.31. The topological polar surface area (TPSA) is 92.3 Å². The number of hydrogen-bond donors (Lipinski definition) is 2. The molecular weight excluding hydrogens is 432 g/mol. The van der Waals surface area contributed by atoms with Crippen LogP contribution in [0.3, 0.4) is 0 Å². The van der Waals surface area contributed by atoms with E-state index in [1.54, 1.807) is 41.8 Å². The SMILES string of the molecule is Cc1ccc(S(=O)(=O)[C@H](CNC(=O)C(=O)NCCC2=CCCCC2)c2cccs2)cc1. The van der Waals surface area contributed by atoms with E-state index in [0.29, 0.717) is 11.4 Å². The molecule has 0 fully saturated rings. The van der Waals surface area contributed by atoms with Crippen LogP contribution in [0.15, 0.2) is 58.3 Å². The molecule has 2 aromatic rings. The fourth-order valence-corrected chi connectivity index (χ4v) is 6.33. The standard InChI is InChI=1S/C23H28N2O4S2/c1-17-9-11-19(12-10-17)31(28,29)21(20-8-5-15-30-20)16-25-23(27)22(26)24-14-13-18-6-3-2-4-7-18/h5-6,8-12,15,21H,2-4,7,13-14,16H2,1H3,(H,24,26)(H,25,27)/t21-/m1/s1. The molecular formula is C23H28N2O4S2. The van der Waals surface area contributed by atoms with Crippen LogP contribution in [0.4, 0.5) is 0 Å². The summed E-state index contributed by atoms with van der Waals surface area (Å²) >= 11 is 1.31. The highest BCUT2D eigenvalue weighted by molar-refractivity contribution is 7.91. The molecule has 0 aliphatic heterocycles. The van der Waals surface area contributed by atoms with E-state index in [4.69, 9.17) is 0 Å². The van der Waals surface area contributed by atoms with Crippen LogP contribution < -0.4 is 10.6 Å². The van der Waals surface area contributed by atoms with Crippen molar-refractivity contribution in [2.75, 3.05) is 13.1 Å². The Hall–Kier alpha value is -2.45. The van der Waals surface area contributed by atoms with Gasteiger partial charge in [-0.25, -0.2) is 8.42 Å². The maximum Gasteiger partial charge on any atom is 0.309 e. The van der Waals surface area contributed by atoms with Crippen molar-refractivity contribution in [2.45, 2.75) is 49.2 Å². The maximum atomic E-state index is 13.2. The summed E-state index contributed by atoms with van der Waals surface area (Å²) in [5.41, 5.74) is 2.27. The number of allylic oxidation sites excluding steroid dienone is 1. The number of nitrogens with one attached hydrogen (secondary N) is 2. The molecule has 0 saturated carbocycles. The van der Waals surface area contributed by atoms with Gasteiger partial charge < -0.3 is 10.6 Å². The normalized spacial score (nSPS) is 15.1. The molecule has 1 aromatic carbocycles. The molecule has 2 N–H and O–H groups in total. The van der Waals surface area contributed by atoms with Crippen LogP contribution in [0.5, 0.6) is 0 Å². The van der Waals surface area contributed by atoms with Crippen LogP contribution in [-0.2, 0) is 19.4 Å². The van der Waals surface area contributed by atoms with E-state index in [1.807, 2.05) is 6.92 Å². The van der Waals surface area contributed by atoms with E-state index in [-0.39, 0.29) is 11.4 Å². The van der Waals surface area contributed by atoms with Gasteiger partial charge in [0.2, 0.25) is 0 Å². The van der Waals surface area contributed by atoms with Gasteiger partial charge in [-0.1, -0.05) is 35.4 Å². The molecule has 1 heterocycles. The Kier molecular flexibility index (Phi) is 8.03. The number of sulfone groups is 1. The average molecular weight is 461 g/mol. The summed E-state index contributed by atoms with van der Waals surface area (Å²) in [5.74, 6) is -1.56. The summed E-state index contributed by atoms with van der Waals surface area (Å²) < 4.78 is 26.4. The molecule has 166 valence electrons. The lowest BCUT2D eigenvalue weighted by atomic mass is 9.97. The zero-order valence-electron chi connectivity index (χ0n) is 17.6. The van der Waals surface area contributed by atoms with Gasteiger partial charge in [0.15, 0.2) is 9.84 Å². The first-order chi connectivity index (χ1) is 14.9. The number of rotatable bonds is 8. The van der Waals surface area contributed by atoms with Crippen LogP contribution in [-0.4, -0.2) is 33.3 Å². The minimum atomic E-state index is -3.74. The molecule has 0 spiro atoms. The van der Waals surface area contributed by atoms with Crippen LogP contribution >= 0.6 is 11.3 Å². The lowest BCUT2D eigenvalue weighted by Gasteiger charge is -2.17. The monoisotopic (exact) mass is 460 g/mol. The molecule has 1 aliphatic carbocycles. The van der Waals surface area contributed by atoms with Crippen molar-refractivity contribution in [3.05, 3.63) is 63.9 Å². The summed E-state index contributed by atoms with van der Waals surface area (Å²) in [4.78, 5) is 25.2. The molecule has 8 heteroatoms. The van der Waals surface area contributed by atoms with Crippen molar-refractivity contribution in [3.63, 3.8) is 0 Å². The number of hydrogen-bond acceptors (Lipinski definition) is 5. The van der Waals surface area contributed by atoms with Gasteiger partial charge in [-0.3, -0.25) is 9.59 Å². The molecule has 1 atom stereocenters. The third-order valence-electron chi connectivity index (χ3n) is 5.36. The first-order valence-electron chi connectivity index (χ1n) is 10.5. The number of thiophene rings is 1. The number of carbonyl (C=O) groups excluding carboxylic acids is 2. The summed E-state index contributed by atoms with van der Waals surface area (Å²) in [6.07, 6.45) is 7.43. The molecule has 31 heavy (non-hydrogen) atoms. The second-order valence-corrected chi connectivity index (χ2v) is 10.8. The zero-order valence-corrected chi connectivity index (χ0v) is 19.2. The van der Waals surface area contributed by atoms with Gasteiger partial charge in [0, 0.05) is 18.0 Å². The molecule has 1 aliphatic rings. The molecule has 6 nitrogen and oxygen atoms in total. The molecule has 0 unspecified atom stereocenters. The fourth-order valence-electron chi connectivity index (χ4n) is 3.54. The van der Waals surface area contributed by atoms with Crippen molar-refractivity contribution in [3.8, 4) is 0 Å². The molecule has 2 amide bonds. The van der Waals surface area contributed by atoms with Crippen molar-refractivity contribution >= 4 is 33.0 Å². The maximum absolute atomic E-state index is 13.2. The number of benzene rings is 1. The Labute approximate surface area is 187 Å². The Morgan fingerprint density at radius 1 is 1.06 bits per heavy atom. The summed E-state index contributed by atoms with van der Waals surface area (Å²) in [5, 5.41) is 5.97. The van der Waals surface area contributed by atoms with E-state index in [9.17, 15) is 18.0 Å². The second-order valence-electron chi connectivity index (χ2n) is 7.69. The predicted octanol–water partition coefficient (Wildman–Crippen LogP) is 3.69. The van der Waals surface area contributed by atoms with Crippen molar-refractivity contribution < 1.29 is 18.0 Å². The molecule has 0 saturated heterocycles. The average Bonchev–Trinajstić information content (AvgIpc) is 3.29. The van der Waals surface area contributed by atoms with Crippen molar-refractivity contribution in [2.24, 2.45) is 0 Å². The number of amides is 2. The molecule has 0 radical (unpaired) electrons. The van der Waals surface area contributed by atoms with Crippen LogP contribution in [0.2, 0.25) is 0 Å². The zero-order chi connectivity index (χ0) is 22.3. The molecule has 3 rings (SSSR count). The fraction of sp³-hybridized carbons (Fsp3) is 0.391. The third-order valence-corrected chi connectivity index (χ3v) is 8.59. The Morgan fingerprint density at radius 2 is 1.81 bits per heavy atom. The summed E-state index contributed by atoms with van der Waals surface area (Å²) in [7, 11) is -3.74. The van der Waals surface area contributed by atoms with Gasteiger partial charge >= 0.3 is 11.8 Å². The van der Waals surface area contributed by atoms with Crippen molar-refractivity contribution in [1.29, 1.82) is 0 Å². The van der Waals surface area contributed by atoms with Gasteiger partial charge in [-0.2, -0.15) is 0 Å². The predicted molar refractivity (Wildman–Crippen MR) is 123 cm³/mol. The molecule has 1 aromatic heterocycles. The third kappa shape index (κ3) is 6.27. The van der Waals surface area contributed by atoms with Crippen LogP contribution in [0, 0.1) is 6.92 Å². The van der Waals surface area contributed by atoms with Crippen molar-refractivity contribution in [1.82, 2.24) is 10.6 Å². The minimum absolute atomic E-state index is 0.172.